The molecular weight excluding hydrogens is 331 g/mol. The molecule has 0 saturated heterocycles. The van der Waals surface area contributed by atoms with Gasteiger partial charge in [0.05, 0.1) is 6.61 Å². The van der Waals surface area contributed by atoms with Crippen molar-refractivity contribution in [2.45, 2.75) is 13.0 Å². The van der Waals surface area contributed by atoms with E-state index < -0.39 is 0 Å². The van der Waals surface area contributed by atoms with Gasteiger partial charge in [0.1, 0.15) is 11.6 Å². The van der Waals surface area contributed by atoms with Gasteiger partial charge in [-0.2, -0.15) is 0 Å². The van der Waals surface area contributed by atoms with E-state index in [0.29, 0.717) is 36.9 Å². The number of urea groups is 1. The monoisotopic (exact) mass is 350 g/mol. The third kappa shape index (κ3) is 6.08. The molecule has 0 aliphatic carbocycles. The topological polar surface area (TPSA) is 41.6 Å². The van der Waals surface area contributed by atoms with Gasteiger partial charge in [0.2, 0.25) is 0 Å². The lowest BCUT2D eigenvalue weighted by atomic mass is 10.2. The van der Waals surface area contributed by atoms with Crippen LogP contribution in [-0.4, -0.2) is 31.1 Å². The first-order valence-corrected chi connectivity index (χ1v) is 8.04. The summed E-state index contributed by atoms with van der Waals surface area (Å²) in [4.78, 5) is 13.6. The largest absolute Gasteiger partial charge is 0.494 e. The Morgan fingerprint density at radius 1 is 1.25 bits per heavy atom. The Morgan fingerprint density at radius 2 is 2.00 bits per heavy atom. The number of nitrogens with one attached hydrogen (secondary N) is 1. The van der Waals surface area contributed by atoms with E-state index in [2.05, 4.69) is 5.32 Å². The average molecular weight is 351 g/mol. The minimum Gasteiger partial charge on any atom is -0.494 e. The van der Waals surface area contributed by atoms with Crippen LogP contribution in [0.3, 0.4) is 0 Å². The second-order valence-corrected chi connectivity index (χ2v) is 5.81. The molecule has 0 aromatic heterocycles. The van der Waals surface area contributed by atoms with E-state index in [0.717, 1.165) is 5.56 Å². The van der Waals surface area contributed by atoms with Gasteiger partial charge in [0, 0.05) is 25.2 Å². The first kappa shape index (κ1) is 18.1. The van der Waals surface area contributed by atoms with Crippen LogP contribution in [0.25, 0.3) is 0 Å². The van der Waals surface area contributed by atoms with Crippen LogP contribution in [-0.2, 0) is 6.54 Å². The zero-order chi connectivity index (χ0) is 17.4. The van der Waals surface area contributed by atoms with E-state index >= 15 is 0 Å². The molecule has 0 atom stereocenters. The molecule has 24 heavy (non-hydrogen) atoms. The Balaban J connectivity index is 1.64. The summed E-state index contributed by atoms with van der Waals surface area (Å²) in [5, 5.41) is 3.48. The SMILES string of the molecule is CN(Cc1cccc(Cl)c1)C(=O)NCCCOc1ccc(F)cc1. The van der Waals surface area contributed by atoms with E-state index in [-0.39, 0.29) is 11.8 Å². The molecule has 0 bridgehead atoms. The number of hydrogen-bond donors (Lipinski definition) is 1. The second-order valence-electron chi connectivity index (χ2n) is 5.37. The lowest BCUT2D eigenvalue weighted by Gasteiger charge is -2.18. The van der Waals surface area contributed by atoms with Crippen molar-refractivity contribution in [2.24, 2.45) is 0 Å². The Labute approximate surface area is 146 Å². The van der Waals surface area contributed by atoms with Gasteiger partial charge < -0.3 is 15.0 Å². The minimum absolute atomic E-state index is 0.156. The van der Waals surface area contributed by atoms with E-state index in [1.807, 2.05) is 18.2 Å². The van der Waals surface area contributed by atoms with Gasteiger partial charge in [-0.15, -0.1) is 0 Å². The molecule has 1 N–H and O–H groups in total. The van der Waals surface area contributed by atoms with Crippen molar-refractivity contribution in [2.75, 3.05) is 20.2 Å². The van der Waals surface area contributed by atoms with Crippen LogP contribution in [0.15, 0.2) is 48.5 Å². The quantitative estimate of drug-likeness (QED) is 0.764. The normalized spacial score (nSPS) is 10.3. The smallest absolute Gasteiger partial charge is 0.317 e. The van der Waals surface area contributed by atoms with Crippen LogP contribution in [0.4, 0.5) is 9.18 Å². The maximum Gasteiger partial charge on any atom is 0.317 e. The Kier molecular flexibility index (Phi) is 6.88. The molecule has 0 spiro atoms. The van der Waals surface area contributed by atoms with E-state index in [1.54, 1.807) is 30.1 Å². The number of ether oxygens (including phenoxy) is 1. The fraction of sp³-hybridized carbons (Fsp3) is 0.278. The van der Waals surface area contributed by atoms with Crippen molar-refractivity contribution in [3.05, 3.63) is 64.9 Å². The summed E-state index contributed by atoms with van der Waals surface area (Å²) >= 11 is 5.93. The summed E-state index contributed by atoms with van der Waals surface area (Å²) in [6.07, 6.45) is 0.661. The van der Waals surface area contributed by atoms with Crippen LogP contribution >= 0.6 is 11.6 Å². The summed E-state index contributed by atoms with van der Waals surface area (Å²) in [6, 6.07) is 13.1. The number of nitrogens with zero attached hydrogens (tertiary/aromatic N) is 1. The van der Waals surface area contributed by atoms with Crippen molar-refractivity contribution in [3.8, 4) is 5.75 Å². The van der Waals surface area contributed by atoms with Gasteiger partial charge >= 0.3 is 6.03 Å². The number of hydrogen-bond acceptors (Lipinski definition) is 2. The van der Waals surface area contributed by atoms with E-state index in [9.17, 15) is 9.18 Å². The van der Waals surface area contributed by atoms with Crippen LogP contribution in [0, 0.1) is 5.82 Å². The molecule has 2 rings (SSSR count). The van der Waals surface area contributed by atoms with Gasteiger partial charge in [0.25, 0.3) is 0 Å². The highest BCUT2D eigenvalue weighted by Crippen LogP contribution is 2.12. The summed E-state index contributed by atoms with van der Waals surface area (Å²) in [7, 11) is 1.73. The highest BCUT2D eigenvalue weighted by molar-refractivity contribution is 6.30. The number of amides is 2. The molecular formula is C18H20ClFN2O2. The predicted octanol–water partition coefficient (Wildman–Crippen LogP) is 4.09. The summed E-state index contributed by atoms with van der Waals surface area (Å²) in [6.45, 7) is 1.43. The van der Waals surface area contributed by atoms with E-state index in [4.69, 9.17) is 16.3 Å². The number of carbonyl (C=O) groups is 1. The molecule has 0 heterocycles. The van der Waals surface area contributed by atoms with Crippen LogP contribution in [0.2, 0.25) is 5.02 Å². The minimum atomic E-state index is -0.294. The molecule has 0 radical (unpaired) electrons. The zero-order valence-electron chi connectivity index (χ0n) is 13.5. The molecule has 0 saturated carbocycles. The van der Waals surface area contributed by atoms with Gasteiger partial charge in [0.15, 0.2) is 0 Å². The lowest BCUT2D eigenvalue weighted by Crippen LogP contribution is -2.37. The molecule has 2 aromatic carbocycles. The molecule has 2 amide bonds. The number of carbonyl (C=O) groups excluding carboxylic acids is 1. The Hall–Kier alpha value is -2.27. The molecule has 0 aliphatic heterocycles. The van der Waals surface area contributed by atoms with Gasteiger partial charge in [-0.25, -0.2) is 9.18 Å². The summed E-state index contributed by atoms with van der Waals surface area (Å²) < 4.78 is 18.2. The third-order valence-electron chi connectivity index (χ3n) is 3.34. The molecule has 6 heteroatoms. The van der Waals surface area contributed by atoms with Crippen LogP contribution in [0.1, 0.15) is 12.0 Å². The molecule has 0 fully saturated rings. The van der Waals surface area contributed by atoms with Gasteiger partial charge in [-0.1, -0.05) is 23.7 Å². The van der Waals surface area contributed by atoms with Gasteiger partial charge in [-0.05, 0) is 48.4 Å². The van der Waals surface area contributed by atoms with Crippen molar-refractivity contribution in [1.29, 1.82) is 0 Å². The first-order chi connectivity index (χ1) is 11.5. The molecule has 0 aliphatic rings. The maximum absolute atomic E-state index is 12.8. The third-order valence-corrected chi connectivity index (χ3v) is 3.57. The van der Waals surface area contributed by atoms with Crippen molar-refractivity contribution >= 4 is 17.6 Å². The molecule has 0 unspecified atom stereocenters. The second kappa shape index (κ2) is 9.13. The van der Waals surface area contributed by atoms with Crippen LogP contribution in [0.5, 0.6) is 5.75 Å². The number of rotatable bonds is 7. The fourth-order valence-electron chi connectivity index (χ4n) is 2.10. The summed E-state index contributed by atoms with van der Waals surface area (Å²) in [5.74, 6) is 0.318. The van der Waals surface area contributed by atoms with E-state index in [1.165, 1.54) is 12.1 Å². The summed E-state index contributed by atoms with van der Waals surface area (Å²) in [5.41, 5.74) is 0.972. The fourth-order valence-corrected chi connectivity index (χ4v) is 2.32. The first-order valence-electron chi connectivity index (χ1n) is 7.66. The molecule has 128 valence electrons. The Bertz CT molecular complexity index is 664. The van der Waals surface area contributed by atoms with Gasteiger partial charge in [-0.3, -0.25) is 0 Å². The number of halogens is 2. The number of benzene rings is 2. The molecule has 4 nitrogen and oxygen atoms in total. The lowest BCUT2D eigenvalue weighted by molar-refractivity contribution is 0.205. The Morgan fingerprint density at radius 3 is 2.71 bits per heavy atom. The average Bonchev–Trinajstić information content (AvgIpc) is 2.56. The van der Waals surface area contributed by atoms with Crippen molar-refractivity contribution in [3.63, 3.8) is 0 Å². The van der Waals surface area contributed by atoms with Crippen LogP contribution < -0.4 is 10.1 Å². The highest BCUT2D eigenvalue weighted by atomic mass is 35.5. The zero-order valence-corrected chi connectivity index (χ0v) is 14.2. The van der Waals surface area contributed by atoms with Crippen molar-refractivity contribution < 1.29 is 13.9 Å². The molecule has 2 aromatic rings. The maximum atomic E-state index is 12.8. The highest BCUT2D eigenvalue weighted by Gasteiger charge is 2.08. The predicted molar refractivity (Wildman–Crippen MR) is 92.8 cm³/mol. The standard InChI is InChI=1S/C18H20ClFN2O2/c1-22(13-14-4-2-5-15(19)12-14)18(23)21-10-3-11-24-17-8-6-16(20)7-9-17/h2,4-9,12H,3,10-11,13H2,1H3,(H,21,23). The van der Waals surface area contributed by atoms with Crippen molar-refractivity contribution in [1.82, 2.24) is 10.2 Å².